The van der Waals surface area contributed by atoms with E-state index in [2.05, 4.69) is 14.7 Å². The van der Waals surface area contributed by atoms with E-state index >= 15 is 0 Å². The summed E-state index contributed by atoms with van der Waals surface area (Å²) in [6, 6.07) is 11.9. The van der Waals surface area contributed by atoms with Crippen molar-refractivity contribution >= 4 is 17.4 Å². The zero-order valence-corrected chi connectivity index (χ0v) is 16.0. The van der Waals surface area contributed by atoms with Crippen LogP contribution in [0.5, 0.6) is 0 Å². The number of esters is 1. The molecule has 0 bridgehead atoms. The van der Waals surface area contributed by atoms with E-state index in [1.807, 2.05) is 30.3 Å². The molecular formula is C20H19F3N2O4. The summed E-state index contributed by atoms with van der Waals surface area (Å²) >= 11 is 0. The van der Waals surface area contributed by atoms with Crippen molar-refractivity contribution in [3.8, 4) is 0 Å². The molecule has 1 atom stereocenters. The standard InChI is InChI=1S/C20H19F3N2O4/c1-12-16-15(25(29-12)11-13-7-5-4-6-8-13)10-9-14(17(16)20(21,22)23)18(24-28-3)19(26)27-2/h4-10,12H,11H2,1-3H3. The molecule has 0 aromatic heterocycles. The number of ether oxygens (including phenoxy) is 1. The van der Waals surface area contributed by atoms with Crippen molar-refractivity contribution in [1.82, 2.24) is 0 Å². The maximum absolute atomic E-state index is 14.1. The fourth-order valence-corrected chi connectivity index (χ4v) is 3.30. The smallest absolute Gasteiger partial charge is 0.417 e. The van der Waals surface area contributed by atoms with E-state index in [4.69, 9.17) is 4.84 Å². The Hall–Kier alpha value is -3.07. The van der Waals surface area contributed by atoms with Gasteiger partial charge in [0.25, 0.3) is 0 Å². The minimum Gasteiger partial charge on any atom is -0.464 e. The number of fused-ring (bicyclic) bond motifs is 1. The Balaban J connectivity index is 2.15. The second kappa shape index (κ2) is 8.12. The van der Waals surface area contributed by atoms with Crippen LogP contribution in [0.4, 0.5) is 18.9 Å². The monoisotopic (exact) mass is 408 g/mol. The molecule has 1 aliphatic rings. The first kappa shape index (κ1) is 20.7. The molecule has 6 nitrogen and oxygen atoms in total. The van der Waals surface area contributed by atoms with E-state index < -0.39 is 35.1 Å². The number of hydrogen-bond acceptors (Lipinski definition) is 6. The van der Waals surface area contributed by atoms with Crippen LogP contribution in [-0.4, -0.2) is 25.9 Å². The second-order valence-electron chi connectivity index (χ2n) is 6.30. The summed E-state index contributed by atoms with van der Waals surface area (Å²) in [5, 5.41) is 4.88. The quantitative estimate of drug-likeness (QED) is 0.421. The Morgan fingerprint density at radius 3 is 2.45 bits per heavy atom. The van der Waals surface area contributed by atoms with Gasteiger partial charge in [-0.1, -0.05) is 35.5 Å². The summed E-state index contributed by atoms with van der Waals surface area (Å²) < 4.78 is 46.8. The van der Waals surface area contributed by atoms with Gasteiger partial charge in [-0.05, 0) is 24.6 Å². The highest BCUT2D eigenvalue weighted by molar-refractivity contribution is 6.43. The molecule has 2 aromatic rings. The van der Waals surface area contributed by atoms with E-state index in [1.54, 1.807) is 0 Å². The van der Waals surface area contributed by atoms with Gasteiger partial charge < -0.3 is 9.57 Å². The van der Waals surface area contributed by atoms with E-state index in [0.717, 1.165) is 19.8 Å². The van der Waals surface area contributed by atoms with Crippen LogP contribution in [-0.2, 0) is 31.9 Å². The lowest BCUT2D eigenvalue weighted by Gasteiger charge is -2.20. The highest BCUT2D eigenvalue weighted by atomic mass is 19.4. The molecule has 1 unspecified atom stereocenters. The number of hydroxylamine groups is 1. The van der Waals surface area contributed by atoms with Crippen molar-refractivity contribution in [2.75, 3.05) is 19.3 Å². The highest BCUT2D eigenvalue weighted by Crippen LogP contribution is 2.47. The van der Waals surface area contributed by atoms with Gasteiger partial charge in [0.15, 0.2) is 5.71 Å². The second-order valence-corrected chi connectivity index (χ2v) is 6.30. The number of hydrogen-bond donors (Lipinski definition) is 0. The molecule has 0 saturated carbocycles. The van der Waals surface area contributed by atoms with Gasteiger partial charge in [0.05, 0.1) is 24.9 Å². The van der Waals surface area contributed by atoms with Crippen LogP contribution in [0.2, 0.25) is 0 Å². The van der Waals surface area contributed by atoms with E-state index in [1.165, 1.54) is 24.1 Å². The molecule has 3 rings (SSSR count). The Morgan fingerprint density at radius 2 is 1.86 bits per heavy atom. The molecule has 0 fully saturated rings. The van der Waals surface area contributed by atoms with Crippen molar-refractivity contribution in [1.29, 1.82) is 0 Å². The van der Waals surface area contributed by atoms with Gasteiger partial charge >= 0.3 is 12.1 Å². The van der Waals surface area contributed by atoms with Crippen LogP contribution in [0.15, 0.2) is 47.6 Å². The SMILES string of the molecule is CON=C(C(=O)OC)c1ccc2c(c1C(F)(F)F)C(C)ON2Cc1ccccc1. The topological polar surface area (TPSA) is 60.4 Å². The zero-order valence-electron chi connectivity index (χ0n) is 16.0. The summed E-state index contributed by atoms with van der Waals surface area (Å²) in [5.74, 6) is -1.04. The number of carbonyl (C=O) groups is 1. The lowest BCUT2D eigenvalue weighted by molar-refractivity contribution is -0.139. The van der Waals surface area contributed by atoms with Crippen LogP contribution in [0, 0.1) is 0 Å². The minimum atomic E-state index is -4.76. The van der Waals surface area contributed by atoms with E-state index in [0.29, 0.717) is 0 Å². The van der Waals surface area contributed by atoms with Crippen molar-refractivity contribution in [2.45, 2.75) is 25.7 Å². The fourth-order valence-electron chi connectivity index (χ4n) is 3.30. The van der Waals surface area contributed by atoms with Crippen molar-refractivity contribution in [3.05, 3.63) is 64.7 Å². The number of methoxy groups -OCH3 is 1. The highest BCUT2D eigenvalue weighted by Gasteiger charge is 2.44. The molecule has 1 aliphatic heterocycles. The summed E-state index contributed by atoms with van der Waals surface area (Å²) in [5.41, 5.74) is -0.917. The third-order valence-electron chi connectivity index (χ3n) is 4.45. The van der Waals surface area contributed by atoms with Crippen LogP contribution >= 0.6 is 0 Å². The summed E-state index contributed by atoms with van der Waals surface area (Å²) in [6.07, 6.45) is -5.64. The van der Waals surface area contributed by atoms with Gasteiger partial charge in [0.2, 0.25) is 0 Å². The average Bonchev–Trinajstić information content (AvgIpc) is 3.00. The Bertz CT molecular complexity index is 929. The first-order chi connectivity index (χ1) is 13.8. The third-order valence-corrected chi connectivity index (χ3v) is 4.45. The molecule has 0 aliphatic carbocycles. The average molecular weight is 408 g/mol. The number of rotatable bonds is 5. The number of oxime groups is 1. The Morgan fingerprint density at radius 1 is 1.17 bits per heavy atom. The van der Waals surface area contributed by atoms with Crippen LogP contribution in [0.3, 0.4) is 0 Å². The third kappa shape index (κ3) is 4.04. The van der Waals surface area contributed by atoms with Gasteiger partial charge in [-0.15, -0.1) is 0 Å². The summed E-state index contributed by atoms with van der Waals surface area (Å²) in [7, 11) is 2.19. The number of benzene rings is 2. The molecule has 0 spiro atoms. The Kier molecular flexibility index (Phi) is 5.78. The van der Waals surface area contributed by atoms with Crippen LogP contribution in [0.25, 0.3) is 0 Å². The molecule has 154 valence electrons. The Labute approximate surface area is 165 Å². The molecule has 0 saturated heterocycles. The van der Waals surface area contributed by atoms with E-state index in [-0.39, 0.29) is 17.8 Å². The number of alkyl halides is 3. The van der Waals surface area contributed by atoms with Crippen molar-refractivity contribution in [2.24, 2.45) is 5.16 Å². The van der Waals surface area contributed by atoms with Gasteiger partial charge in [0.1, 0.15) is 13.2 Å². The van der Waals surface area contributed by atoms with Crippen molar-refractivity contribution < 1.29 is 32.4 Å². The van der Waals surface area contributed by atoms with E-state index in [9.17, 15) is 18.0 Å². The molecule has 0 radical (unpaired) electrons. The lowest BCUT2D eigenvalue weighted by atomic mass is 9.93. The molecule has 1 heterocycles. The van der Waals surface area contributed by atoms with Crippen molar-refractivity contribution in [3.63, 3.8) is 0 Å². The van der Waals surface area contributed by atoms with Crippen LogP contribution in [0.1, 0.15) is 35.3 Å². The molecule has 9 heteroatoms. The largest absolute Gasteiger partial charge is 0.464 e. The maximum Gasteiger partial charge on any atom is 0.417 e. The molecular weight excluding hydrogens is 389 g/mol. The number of carbonyl (C=O) groups excluding carboxylic acids is 1. The molecule has 0 N–H and O–H groups in total. The summed E-state index contributed by atoms with van der Waals surface area (Å²) in [4.78, 5) is 22.3. The molecule has 29 heavy (non-hydrogen) atoms. The fraction of sp³-hybridized carbons (Fsp3) is 0.300. The first-order valence-electron chi connectivity index (χ1n) is 8.70. The number of nitrogens with zero attached hydrogens (tertiary/aromatic N) is 2. The number of halogens is 3. The maximum atomic E-state index is 14.1. The van der Waals surface area contributed by atoms with Gasteiger partial charge in [-0.2, -0.15) is 13.2 Å². The normalized spacial score (nSPS) is 16.6. The predicted molar refractivity (Wildman–Crippen MR) is 99.1 cm³/mol. The molecule has 2 aromatic carbocycles. The van der Waals surface area contributed by atoms with Gasteiger partial charge in [0, 0.05) is 11.1 Å². The van der Waals surface area contributed by atoms with Gasteiger partial charge in [-0.25, -0.2) is 9.86 Å². The first-order valence-corrected chi connectivity index (χ1v) is 8.70. The lowest BCUT2D eigenvalue weighted by Crippen LogP contribution is -2.24. The summed E-state index contributed by atoms with van der Waals surface area (Å²) in [6.45, 7) is 1.79. The predicted octanol–water partition coefficient (Wildman–Crippen LogP) is 4.24. The number of anilines is 1. The van der Waals surface area contributed by atoms with Gasteiger partial charge in [-0.3, -0.25) is 4.84 Å². The molecule has 0 amide bonds. The minimum absolute atomic E-state index is 0.0707. The van der Waals surface area contributed by atoms with Crippen LogP contribution < -0.4 is 5.06 Å². The zero-order chi connectivity index (χ0) is 21.2.